The van der Waals surface area contributed by atoms with Crippen molar-refractivity contribution in [2.24, 2.45) is 0 Å². The summed E-state index contributed by atoms with van der Waals surface area (Å²) >= 11 is 11.5. The number of rotatable bonds is 5. The number of pyridine rings is 1. The van der Waals surface area contributed by atoms with Crippen LogP contribution in [-0.4, -0.2) is 17.2 Å². The summed E-state index contributed by atoms with van der Waals surface area (Å²) in [5, 5.41) is -0.377. The second-order valence-corrected chi connectivity index (χ2v) is 4.90. The van der Waals surface area contributed by atoms with E-state index in [9.17, 15) is 4.39 Å². The highest BCUT2D eigenvalue weighted by Crippen LogP contribution is 2.36. The molecular weight excluding hydrogens is 294 g/mol. The lowest BCUT2D eigenvalue weighted by molar-refractivity contribution is 0.0869. The summed E-state index contributed by atoms with van der Waals surface area (Å²) in [5.41, 5.74) is 5.42. The Hall–Kier alpha value is -1.20. The fraction of sp³-hybridized carbons (Fsp3) is 0.417. The van der Waals surface area contributed by atoms with E-state index in [1.54, 1.807) is 6.92 Å². The Balaban J connectivity index is 2.91. The molecule has 0 bridgehead atoms. The molecule has 0 saturated carbocycles. The maximum absolute atomic E-state index is 13.4. The van der Waals surface area contributed by atoms with Gasteiger partial charge in [-0.3, -0.25) is 0 Å². The quantitative estimate of drug-likeness (QED) is 0.663. The van der Waals surface area contributed by atoms with E-state index in [1.165, 1.54) is 0 Å². The van der Waals surface area contributed by atoms with Gasteiger partial charge in [0.15, 0.2) is 6.10 Å². The Bertz CT molecular complexity index is 495. The van der Waals surface area contributed by atoms with Crippen molar-refractivity contribution in [3.63, 3.8) is 0 Å². The number of nitrogens with zero attached hydrogens (tertiary/aromatic N) is 1. The lowest BCUT2D eigenvalue weighted by Crippen LogP contribution is -2.20. The van der Waals surface area contributed by atoms with Gasteiger partial charge in [-0.05, 0) is 20.8 Å². The van der Waals surface area contributed by atoms with Crippen LogP contribution in [-0.2, 0) is 4.74 Å². The van der Waals surface area contributed by atoms with Crippen LogP contribution in [0.2, 0.25) is 10.0 Å². The first-order chi connectivity index (χ1) is 8.73. The number of hydrogen-bond donors (Lipinski definition) is 1. The molecule has 0 aromatic carbocycles. The normalized spacial score (nSPS) is 12.4. The van der Waals surface area contributed by atoms with Crippen molar-refractivity contribution < 1.29 is 13.9 Å². The Morgan fingerprint density at radius 2 is 1.89 bits per heavy atom. The summed E-state index contributed by atoms with van der Waals surface area (Å²) in [6.45, 7) is 9.09. The monoisotopic (exact) mass is 308 g/mol. The van der Waals surface area contributed by atoms with Gasteiger partial charge in [-0.25, -0.2) is 0 Å². The molecule has 1 aromatic rings. The van der Waals surface area contributed by atoms with Gasteiger partial charge >= 0.3 is 0 Å². The van der Waals surface area contributed by atoms with Crippen LogP contribution in [0.25, 0.3) is 0 Å². The molecule has 1 atom stereocenters. The molecule has 0 spiro atoms. The smallest absolute Gasteiger partial charge is 0.238 e. The predicted molar refractivity (Wildman–Crippen MR) is 74.1 cm³/mol. The van der Waals surface area contributed by atoms with Gasteiger partial charge in [0.05, 0.1) is 11.8 Å². The third kappa shape index (κ3) is 3.88. The van der Waals surface area contributed by atoms with Gasteiger partial charge in [0, 0.05) is 0 Å². The van der Waals surface area contributed by atoms with E-state index in [1.807, 2.05) is 13.8 Å². The molecule has 2 N–H and O–H groups in total. The molecule has 4 nitrogen and oxygen atoms in total. The third-order valence-electron chi connectivity index (χ3n) is 2.17. The number of halogens is 3. The summed E-state index contributed by atoms with van der Waals surface area (Å²) in [5.74, 6) is -0.718. The van der Waals surface area contributed by atoms with Gasteiger partial charge in [-0.2, -0.15) is 9.37 Å². The van der Waals surface area contributed by atoms with Crippen LogP contribution in [0.1, 0.15) is 20.8 Å². The van der Waals surface area contributed by atoms with Crippen LogP contribution in [0.5, 0.6) is 5.88 Å². The van der Waals surface area contributed by atoms with E-state index in [-0.39, 0.29) is 27.7 Å². The molecule has 0 aliphatic heterocycles. The standard InChI is InChI=1S/C12H15Cl2FN2O2/c1-5(2)18-6(3)7(4)19-12-9(14)10(16)8(13)11(15)17-12/h5,7H,3H2,1-2,4H3,(H2,16,17)/t7-/m1/s1. The predicted octanol–water partition coefficient (Wildman–Crippen LogP) is 3.82. The highest BCUT2D eigenvalue weighted by Gasteiger charge is 2.20. The minimum atomic E-state index is -0.943. The van der Waals surface area contributed by atoms with Crippen molar-refractivity contribution in [2.75, 3.05) is 5.73 Å². The summed E-state index contributed by atoms with van der Waals surface area (Å²) in [6, 6.07) is 0. The van der Waals surface area contributed by atoms with E-state index in [0.29, 0.717) is 5.76 Å². The molecule has 1 heterocycles. The van der Waals surface area contributed by atoms with Crippen molar-refractivity contribution in [3.05, 3.63) is 28.3 Å². The first-order valence-corrected chi connectivity index (χ1v) is 6.31. The zero-order chi connectivity index (χ0) is 14.7. The zero-order valence-corrected chi connectivity index (χ0v) is 12.3. The van der Waals surface area contributed by atoms with Gasteiger partial charge in [-0.1, -0.05) is 29.8 Å². The van der Waals surface area contributed by atoms with Crippen molar-refractivity contribution in [3.8, 4) is 5.88 Å². The lowest BCUT2D eigenvalue weighted by Gasteiger charge is -2.20. The number of ether oxygens (including phenoxy) is 2. The van der Waals surface area contributed by atoms with Crippen LogP contribution in [0.3, 0.4) is 0 Å². The van der Waals surface area contributed by atoms with Crippen LogP contribution < -0.4 is 10.5 Å². The van der Waals surface area contributed by atoms with Gasteiger partial charge in [0.25, 0.3) is 0 Å². The van der Waals surface area contributed by atoms with Crippen molar-refractivity contribution in [1.82, 2.24) is 4.98 Å². The minimum absolute atomic E-state index is 0.0457. The van der Waals surface area contributed by atoms with Crippen molar-refractivity contribution >= 4 is 28.9 Å². The molecule has 1 rings (SSSR count). The molecule has 1 aromatic heterocycles. The number of nitrogen functional groups attached to an aromatic ring is 1. The van der Waals surface area contributed by atoms with Gasteiger partial charge in [-0.15, -0.1) is 0 Å². The van der Waals surface area contributed by atoms with E-state index in [0.717, 1.165) is 0 Å². The molecule has 0 aliphatic rings. The molecule has 0 amide bonds. The Labute approximate surface area is 121 Å². The van der Waals surface area contributed by atoms with Crippen LogP contribution in [0, 0.1) is 5.95 Å². The van der Waals surface area contributed by atoms with E-state index >= 15 is 0 Å². The Kier molecular flexibility index (Phi) is 5.26. The van der Waals surface area contributed by atoms with Crippen LogP contribution in [0.4, 0.5) is 10.1 Å². The molecule has 0 saturated heterocycles. The summed E-state index contributed by atoms with van der Waals surface area (Å²) in [7, 11) is 0. The second-order valence-electron chi connectivity index (χ2n) is 4.14. The number of nitrogens with two attached hydrogens (primary N) is 1. The first kappa shape index (κ1) is 15.9. The third-order valence-corrected chi connectivity index (χ3v) is 2.90. The maximum atomic E-state index is 13.4. The fourth-order valence-electron chi connectivity index (χ4n) is 1.22. The highest BCUT2D eigenvalue weighted by molar-refractivity contribution is 6.39. The number of aromatic nitrogens is 1. The van der Waals surface area contributed by atoms with Crippen LogP contribution in [0.15, 0.2) is 12.3 Å². The Morgan fingerprint density at radius 3 is 2.42 bits per heavy atom. The van der Waals surface area contributed by atoms with Crippen molar-refractivity contribution in [1.29, 1.82) is 0 Å². The van der Waals surface area contributed by atoms with Gasteiger partial charge < -0.3 is 15.2 Å². The summed E-state index contributed by atoms with van der Waals surface area (Å²) in [4.78, 5) is 3.51. The maximum Gasteiger partial charge on any atom is 0.238 e. The van der Waals surface area contributed by atoms with Gasteiger partial charge in [0.2, 0.25) is 11.8 Å². The molecule has 0 radical (unpaired) electrons. The second kappa shape index (κ2) is 6.30. The molecule has 106 valence electrons. The summed E-state index contributed by atoms with van der Waals surface area (Å²) < 4.78 is 24.1. The van der Waals surface area contributed by atoms with Crippen LogP contribution >= 0.6 is 23.2 Å². The fourth-order valence-corrected chi connectivity index (χ4v) is 1.59. The minimum Gasteiger partial charge on any atom is -0.492 e. The van der Waals surface area contributed by atoms with E-state index in [2.05, 4.69) is 11.6 Å². The molecule has 0 fully saturated rings. The largest absolute Gasteiger partial charge is 0.492 e. The molecule has 0 unspecified atom stereocenters. The topological polar surface area (TPSA) is 57.4 Å². The molecule has 19 heavy (non-hydrogen) atoms. The average molecular weight is 309 g/mol. The zero-order valence-electron chi connectivity index (χ0n) is 10.8. The molecular formula is C12H15Cl2FN2O2. The summed E-state index contributed by atoms with van der Waals surface area (Å²) in [6.07, 6.45) is -0.610. The molecule has 7 heteroatoms. The van der Waals surface area contributed by atoms with E-state index < -0.39 is 12.1 Å². The highest BCUT2D eigenvalue weighted by atomic mass is 35.5. The first-order valence-electron chi connectivity index (χ1n) is 5.56. The van der Waals surface area contributed by atoms with Gasteiger partial charge in [0.1, 0.15) is 15.8 Å². The van der Waals surface area contributed by atoms with E-state index in [4.69, 9.17) is 38.4 Å². The van der Waals surface area contributed by atoms with Crippen molar-refractivity contribution in [2.45, 2.75) is 33.0 Å². The lowest BCUT2D eigenvalue weighted by atomic mass is 10.3. The average Bonchev–Trinajstić information content (AvgIpc) is 2.32. The molecule has 0 aliphatic carbocycles. The SMILES string of the molecule is C=C(OC(C)C)[C@@H](C)Oc1nc(F)c(Cl)c(N)c1Cl. The Morgan fingerprint density at radius 1 is 1.32 bits per heavy atom. The number of anilines is 1. The number of hydrogen-bond acceptors (Lipinski definition) is 4.